The minimum atomic E-state index is 0.467. The molecule has 1 aliphatic heterocycles. The Morgan fingerprint density at radius 1 is 1.16 bits per heavy atom. The number of hydrogen-bond acceptors (Lipinski definition) is 6. The van der Waals surface area contributed by atoms with Crippen LogP contribution in [0.5, 0.6) is 0 Å². The van der Waals surface area contributed by atoms with Gasteiger partial charge in [-0.2, -0.15) is 11.8 Å². The van der Waals surface area contributed by atoms with Gasteiger partial charge in [-0.1, -0.05) is 6.07 Å². The van der Waals surface area contributed by atoms with Gasteiger partial charge in [0.05, 0.1) is 11.3 Å². The molecular formula is C18H22N6S. The van der Waals surface area contributed by atoms with Crippen molar-refractivity contribution < 1.29 is 0 Å². The maximum atomic E-state index is 6.11. The number of nitrogens with zero attached hydrogens (tertiary/aromatic N) is 5. The first kappa shape index (κ1) is 16.4. The highest BCUT2D eigenvalue weighted by molar-refractivity contribution is 7.99. The summed E-state index contributed by atoms with van der Waals surface area (Å²) in [5.74, 6) is 2.99. The predicted octanol–water partition coefficient (Wildman–Crippen LogP) is 2.35. The van der Waals surface area contributed by atoms with Crippen LogP contribution in [-0.4, -0.2) is 55.6 Å². The second-order valence-electron chi connectivity index (χ2n) is 6.26. The van der Waals surface area contributed by atoms with E-state index >= 15 is 0 Å². The first-order chi connectivity index (χ1) is 12.3. The molecule has 4 rings (SSSR count). The summed E-state index contributed by atoms with van der Waals surface area (Å²) in [5.41, 5.74) is 9.67. The predicted molar refractivity (Wildman–Crippen MR) is 103 cm³/mol. The fourth-order valence-corrected chi connectivity index (χ4v) is 4.19. The standard InChI is InChI=1S/C18H22N6S/c19-17-16(15-5-1-2-6-20-15)18-21-12-14(13-24(18)22-17)4-3-7-23-8-10-25-11-9-23/h1-2,5-6,12-13H,3-4,7-11H2,(H2,19,22). The molecular weight excluding hydrogens is 332 g/mol. The SMILES string of the molecule is Nc1nn2cc(CCCN3CCSCC3)cnc2c1-c1ccccn1. The Bertz CT molecular complexity index is 841. The van der Waals surface area contributed by atoms with Gasteiger partial charge < -0.3 is 10.6 Å². The minimum Gasteiger partial charge on any atom is -0.382 e. The second kappa shape index (κ2) is 7.41. The normalized spacial score (nSPS) is 15.7. The third-order valence-electron chi connectivity index (χ3n) is 4.52. The number of thioether (sulfide) groups is 1. The van der Waals surface area contributed by atoms with Crippen LogP contribution in [0.1, 0.15) is 12.0 Å². The Balaban J connectivity index is 1.49. The van der Waals surface area contributed by atoms with Gasteiger partial charge >= 0.3 is 0 Å². The smallest absolute Gasteiger partial charge is 0.166 e. The Labute approximate surface area is 151 Å². The van der Waals surface area contributed by atoms with E-state index in [0.717, 1.165) is 36.3 Å². The van der Waals surface area contributed by atoms with E-state index in [1.54, 1.807) is 10.7 Å². The van der Waals surface area contributed by atoms with Gasteiger partial charge in [-0.3, -0.25) is 4.98 Å². The van der Waals surface area contributed by atoms with Crippen LogP contribution in [0, 0.1) is 0 Å². The summed E-state index contributed by atoms with van der Waals surface area (Å²) in [6.45, 7) is 3.58. The molecule has 7 heteroatoms. The quantitative estimate of drug-likeness (QED) is 0.758. The number of nitrogen functional groups attached to an aromatic ring is 1. The molecule has 0 aliphatic carbocycles. The van der Waals surface area contributed by atoms with Crippen LogP contribution in [0.15, 0.2) is 36.8 Å². The van der Waals surface area contributed by atoms with Crippen LogP contribution >= 0.6 is 11.8 Å². The zero-order chi connectivity index (χ0) is 17.1. The Hall–Kier alpha value is -2.12. The summed E-state index contributed by atoms with van der Waals surface area (Å²) in [6.07, 6.45) is 7.88. The number of pyridine rings is 1. The van der Waals surface area contributed by atoms with Gasteiger partial charge in [-0.25, -0.2) is 9.50 Å². The number of anilines is 1. The highest BCUT2D eigenvalue weighted by Gasteiger charge is 2.15. The average molecular weight is 354 g/mol. The third kappa shape index (κ3) is 3.62. The fourth-order valence-electron chi connectivity index (χ4n) is 3.21. The van der Waals surface area contributed by atoms with Crippen molar-refractivity contribution >= 4 is 23.2 Å². The lowest BCUT2D eigenvalue weighted by molar-refractivity contribution is 0.298. The lowest BCUT2D eigenvalue weighted by Crippen LogP contribution is -2.33. The monoisotopic (exact) mass is 354 g/mol. The van der Waals surface area contributed by atoms with E-state index in [4.69, 9.17) is 5.73 Å². The summed E-state index contributed by atoms with van der Waals surface area (Å²) in [5, 5.41) is 4.43. The molecule has 3 aromatic heterocycles. The van der Waals surface area contributed by atoms with Crippen LogP contribution in [-0.2, 0) is 6.42 Å². The van der Waals surface area contributed by atoms with Gasteiger partial charge in [0.1, 0.15) is 0 Å². The van der Waals surface area contributed by atoms with Gasteiger partial charge in [0.25, 0.3) is 0 Å². The van der Waals surface area contributed by atoms with Gasteiger partial charge in [-0.15, -0.1) is 5.10 Å². The molecule has 0 saturated carbocycles. The van der Waals surface area contributed by atoms with E-state index in [1.165, 1.54) is 30.2 Å². The summed E-state index contributed by atoms with van der Waals surface area (Å²) >= 11 is 2.05. The highest BCUT2D eigenvalue weighted by Crippen LogP contribution is 2.27. The van der Waals surface area contributed by atoms with Gasteiger partial charge in [-0.05, 0) is 37.1 Å². The molecule has 1 aliphatic rings. The molecule has 0 radical (unpaired) electrons. The van der Waals surface area contributed by atoms with Crippen LogP contribution in [0.2, 0.25) is 0 Å². The van der Waals surface area contributed by atoms with E-state index in [1.807, 2.05) is 30.6 Å². The van der Waals surface area contributed by atoms with Crippen LogP contribution in [0.25, 0.3) is 16.9 Å². The zero-order valence-corrected chi connectivity index (χ0v) is 15.0. The molecule has 0 spiro atoms. The average Bonchev–Trinajstić information content (AvgIpc) is 2.98. The summed E-state index contributed by atoms with van der Waals surface area (Å²) in [7, 11) is 0. The number of nitrogens with two attached hydrogens (primary N) is 1. The molecule has 3 aromatic rings. The van der Waals surface area contributed by atoms with Crippen LogP contribution in [0.4, 0.5) is 5.82 Å². The topological polar surface area (TPSA) is 72.3 Å². The third-order valence-corrected chi connectivity index (χ3v) is 5.46. The number of aryl methyl sites for hydroxylation is 1. The van der Waals surface area contributed by atoms with Crippen molar-refractivity contribution in [2.45, 2.75) is 12.8 Å². The molecule has 130 valence electrons. The molecule has 2 N–H and O–H groups in total. The van der Waals surface area contributed by atoms with Gasteiger partial charge in [0, 0.05) is 43.2 Å². The first-order valence-corrected chi connectivity index (χ1v) is 9.81. The molecule has 0 bridgehead atoms. The molecule has 0 atom stereocenters. The Kier molecular flexibility index (Phi) is 4.85. The summed E-state index contributed by atoms with van der Waals surface area (Å²) in [4.78, 5) is 11.5. The second-order valence-corrected chi connectivity index (χ2v) is 7.49. The fraction of sp³-hybridized carbons (Fsp3) is 0.389. The van der Waals surface area contributed by atoms with Crippen molar-refractivity contribution in [3.8, 4) is 11.3 Å². The molecule has 4 heterocycles. The van der Waals surface area contributed by atoms with Crippen LogP contribution < -0.4 is 5.73 Å². The summed E-state index contributed by atoms with van der Waals surface area (Å²) in [6, 6.07) is 5.76. The van der Waals surface area contributed by atoms with Crippen molar-refractivity contribution in [2.75, 3.05) is 36.9 Å². The van der Waals surface area contributed by atoms with E-state index in [9.17, 15) is 0 Å². The van der Waals surface area contributed by atoms with Crippen LogP contribution in [0.3, 0.4) is 0 Å². The number of hydrogen-bond donors (Lipinski definition) is 1. The lowest BCUT2D eigenvalue weighted by atomic mass is 10.1. The van der Waals surface area contributed by atoms with Crippen molar-refractivity contribution in [1.29, 1.82) is 0 Å². The maximum Gasteiger partial charge on any atom is 0.166 e. The van der Waals surface area contributed by atoms with Crippen molar-refractivity contribution in [2.24, 2.45) is 0 Å². The van der Waals surface area contributed by atoms with Crippen molar-refractivity contribution in [1.82, 2.24) is 24.5 Å². The van der Waals surface area contributed by atoms with Crippen molar-refractivity contribution in [3.63, 3.8) is 0 Å². The molecule has 6 nitrogen and oxygen atoms in total. The minimum absolute atomic E-state index is 0.467. The highest BCUT2D eigenvalue weighted by atomic mass is 32.2. The molecule has 1 saturated heterocycles. The van der Waals surface area contributed by atoms with E-state index in [-0.39, 0.29) is 0 Å². The Morgan fingerprint density at radius 2 is 2.04 bits per heavy atom. The molecule has 0 unspecified atom stereocenters. The van der Waals surface area contributed by atoms with E-state index < -0.39 is 0 Å². The Morgan fingerprint density at radius 3 is 2.84 bits per heavy atom. The van der Waals surface area contributed by atoms with Gasteiger partial charge in [0.2, 0.25) is 0 Å². The number of rotatable bonds is 5. The zero-order valence-electron chi connectivity index (χ0n) is 14.1. The lowest BCUT2D eigenvalue weighted by Gasteiger charge is -2.25. The molecule has 0 aromatic carbocycles. The maximum absolute atomic E-state index is 6.11. The first-order valence-electron chi connectivity index (χ1n) is 8.65. The number of aromatic nitrogens is 4. The molecule has 1 fully saturated rings. The number of fused-ring (bicyclic) bond motifs is 1. The largest absolute Gasteiger partial charge is 0.382 e. The summed E-state index contributed by atoms with van der Waals surface area (Å²) < 4.78 is 1.78. The molecule has 0 amide bonds. The van der Waals surface area contributed by atoms with E-state index in [2.05, 4.69) is 31.7 Å². The van der Waals surface area contributed by atoms with Crippen molar-refractivity contribution in [3.05, 3.63) is 42.4 Å². The molecule has 25 heavy (non-hydrogen) atoms. The van der Waals surface area contributed by atoms with Gasteiger partial charge in [0.15, 0.2) is 11.5 Å². The van der Waals surface area contributed by atoms with E-state index in [0.29, 0.717) is 5.82 Å².